The molecule has 0 spiro atoms. The molecule has 0 saturated carbocycles. The maximum atomic E-state index is 5.68. The molecule has 0 aliphatic rings. The third-order valence-electron chi connectivity index (χ3n) is 3.76. The van der Waals surface area contributed by atoms with Gasteiger partial charge in [-0.2, -0.15) is 5.10 Å². The minimum absolute atomic E-state index is 0.252. The molecule has 1 rings (SSSR count). The van der Waals surface area contributed by atoms with Crippen LogP contribution in [0.5, 0.6) is 0 Å². The van der Waals surface area contributed by atoms with E-state index < -0.39 is 0 Å². The highest BCUT2D eigenvalue weighted by molar-refractivity contribution is 5.25. The van der Waals surface area contributed by atoms with Crippen molar-refractivity contribution in [3.05, 3.63) is 17.0 Å². The van der Waals surface area contributed by atoms with Crippen LogP contribution in [-0.2, 0) is 18.2 Å². The number of nitrogens with two attached hydrogens (primary N) is 1. The van der Waals surface area contributed by atoms with Crippen molar-refractivity contribution in [1.29, 1.82) is 0 Å². The maximum absolute atomic E-state index is 5.68. The molecule has 0 amide bonds. The molecule has 5 heteroatoms. The van der Waals surface area contributed by atoms with Crippen LogP contribution in [0.1, 0.15) is 30.3 Å². The van der Waals surface area contributed by atoms with Crippen LogP contribution >= 0.6 is 0 Å². The number of hydrogen-bond donors (Lipinski definition) is 2. The Bertz CT molecular complexity index is 375. The minimum atomic E-state index is 0.252. The second-order valence-corrected chi connectivity index (χ2v) is 5.01. The van der Waals surface area contributed by atoms with Crippen LogP contribution in [0.25, 0.3) is 0 Å². The highest BCUT2D eigenvalue weighted by atomic mass is 16.5. The van der Waals surface area contributed by atoms with E-state index in [4.69, 9.17) is 10.6 Å². The molecular weight excluding hydrogens is 228 g/mol. The summed E-state index contributed by atoms with van der Waals surface area (Å²) >= 11 is 0. The summed E-state index contributed by atoms with van der Waals surface area (Å²) in [7, 11) is 3.71. The van der Waals surface area contributed by atoms with Crippen LogP contribution in [0.15, 0.2) is 0 Å². The average molecular weight is 254 g/mol. The summed E-state index contributed by atoms with van der Waals surface area (Å²) in [5.74, 6) is 6.15. The van der Waals surface area contributed by atoms with Crippen molar-refractivity contribution in [3.63, 3.8) is 0 Å². The first-order valence-corrected chi connectivity index (χ1v) is 6.45. The molecule has 18 heavy (non-hydrogen) atoms. The standard InChI is InChI=1S/C13H26N4O/c1-9(6-7-18-5)13(15-14)8-12-10(2)16-17(4)11(12)3/h9,13,15H,6-8,14H2,1-5H3. The summed E-state index contributed by atoms with van der Waals surface area (Å²) in [4.78, 5) is 0. The van der Waals surface area contributed by atoms with E-state index in [0.717, 1.165) is 25.1 Å². The van der Waals surface area contributed by atoms with Crippen molar-refractivity contribution in [3.8, 4) is 0 Å². The summed E-state index contributed by atoms with van der Waals surface area (Å²) in [6.45, 7) is 7.12. The van der Waals surface area contributed by atoms with Gasteiger partial charge in [-0.15, -0.1) is 0 Å². The van der Waals surface area contributed by atoms with Crippen LogP contribution in [0.2, 0.25) is 0 Å². The van der Waals surface area contributed by atoms with Gasteiger partial charge in [-0.3, -0.25) is 16.0 Å². The quantitative estimate of drug-likeness (QED) is 0.564. The molecule has 1 aromatic heterocycles. The van der Waals surface area contributed by atoms with Crippen LogP contribution in [0.4, 0.5) is 0 Å². The van der Waals surface area contributed by atoms with Crippen molar-refractivity contribution in [2.24, 2.45) is 18.8 Å². The fourth-order valence-corrected chi connectivity index (χ4v) is 2.26. The van der Waals surface area contributed by atoms with Gasteiger partial charge in [-0.05, 0) is 38.2 Å². The molecule has 1 aromatic rings. The molecule has 3 N–H and O–H groups in total. The minimum Gasteiger partial charge on any atom is -0.385 e. The van der Waals surface area contributed by atoms with E-state index in [9.17, 15) is 0 Å². The maximum Gasteiger partial charge on any atom is 0.0628 e. The van der Waals surface area contributed by atoms with Crippen LogP contribution in [-0.4, -0.2) is 29.5 Å². The molecular formula is C13H26N4O. The van der Waals surface area contributed by atoms with Gasteiger partial charge in [0.05, 0.1) is 5.69 Å². The molecule has 0 saturated heterocycles. The van der Waals surface area contributed by atoms with Crippen LogP contribution in [0.3, 0.4) is 0 Å². The van der Waals surface area contributed by atoms with E-state index in [1.165, 1.54) is 11.3 Å². The lowest BCUT2D eigenvalue weighted by Crippen LogP contribution is -2.42. The van der Waals surface area contributed by atoms with Gasteiger partial charge in [0.25, 0.3) is 0 Å². The van der Waals surface area contributed by atoms with Crippen molar-refractivity contribution >= 4 is 0 Å². The Labute approximate surface area is 110 Å². The highest BCUT2D eigenvalue weighted by Gasteiger charge is 2.20. The zero-order chi connectivity index (χ0) is 13.7. The Morgan fingerprint density at radius 1 is 1.44 bits per heavy atom. The summed E-state index contributed by atoms with van der Waals surface area (Å²) in [5, 5.41) is 4.44. The topological polar surface area (TPSA) is 65.1 Å². The first-order valence-electron chi connectivity index (χ1n) is 6.45. The van der Waals surface area contributed by atoms with E-state index in [0.29, 0.717) is 5.92 Å². The molecule has 2 atom stereocenters. The van der Waals surface area contributed by atoms with Gasteiger partial charge in [-0.25, -0.2) is 0 Å². The second kappa shape index (κ2) is 6.87. The molecule has 0 fully saturated rings. The van der Waals surface area contributed by atoms with E-state index >= 15 is 0 Å². The lowest BCUT2D eigenvalue weighted by atomic mass is 9.92. The van der Waals surface area contributed by atoms with Crippen LogP contribution in [0, 0.1) is 19.8 Å². The first-order chi connectivity index (χ1) is 8.51. The van der Waals surface area contributed by atoms with Gasteiger partial charge in [0.2, 0.25) is 0 Å². The van der Waals surface area contributed by atoms with Gasteiger partial charge < -0.3 is 4.74 Å². The average Bonchev–Trinajstić information content (AvgIpc) is 2.58. The first kappa shape index (κ1) is 15.1. The number of nitrogens with one attached hydrogen (secondary N) is 1. The molecule has 2 unspecified atom stereocenters. The summed E-state index contributed by atoms with van der Waals surface area (Å²) in [5.41, 5.74) is 6.53. The van der Waals surface area contributed by atoms with E-state index in [2.05, 4.69) is 31.3 Å². The van der Waals surface area contributed by atoms with E-state index in [-0.39, 0.29) is 6.04 Å². The monoisotopic (exact) mass is 254 g/mol. The van der Waals surface area contributed by atoms with Crippen molar-refractivity contribution in [2.45, 2.75) is 39.7 Å². The fraction of sp³-hybridized carbons (Fsp3) is 0.769. The van der Waals surface area contributed by atoms with E-state index in [1.54, 1.807) is 7.11 Å². The third-order valence-corrected chi connectivity index (χ3v) is 3.76. The Morgan fingerprint density at radius 2 is 2.11 bits per heavy atom. The summed E-state index contributed by atoms with van der Waals surface area (Å²) < 4.78 is 7.05. The largest absolute Gasteiger partial charge is 0.385 e. The van der Waals surface area contributed by atoms with Gasteiger partial charge in [-0.1, -0.05) is 6.92 Å². The Kier molecular flexibility index (Phi) is 5.78. The number of aromatic nitrogens is 2. The number of methoxy groups -OCH3 is 1. The van der Waals surface area contributed by atoms with Gasteiger partial charge in [0, 0.05) is 32.5 Å². The number of nitrogens with zero attached hydrogens (tertiary/aromatic N) is 2. The fourth-order valence-electron chi connectivity index (χ4n) is 2.26. The predicted octanol–water partition coefficient (Wildman–Crippen LogP) is 1.08. The zero-order valence-electron chi connectivity index (χ0n) is 12.2. The molecule has 0 radical (unpaired) electrons. The molecule has 0 bridgehead atoms. The SMILES string of the molecule is COCCC(C)C(Cc1c(C)nn(C)c1C)NN. The number of ether oxygens (including phenoxy) is 1. The van der Waals surface area contributed by atoms with Crippen LogP contribution < -0.4 is 11.3 Å². The number of aryl methyl sites for hydroxylation is 2. The molecule has 1 heterocycles. The highest BCUT2D eigenvalue weighted by Crippen LogP contribution is 2.18. The zero-order valence-corrected chi connectivity index (χ0v) is 12.2. The van der Waals surface area contributed by atoms with Crippen molar-refractivity contribution < 1.29 is 4.74 Å². The molecule has 104 valence electrons. The lowest BCUT2D eigenvalue weighted by molar-refractivity contribution is 0.170. The van der Waals surface area contributed by atoms with E-state index in [1.807, 2.05) is 11.7 Å². The predicted molar refractivity (Wildman–Crippen MR) is 73.2 cm³/mol. The number of rotatable bonds is 7. The Hall–Kier alpha value is -0.910. The van der Waals surface area contributed by atoms with Crippen molar-refractivity contribution in [1.82, 2.24) is 15.2 Å². The summed E-state index contributed by atoms with van der Waals surface area (Å²) in [6, 6.07) is 0.252. The van der Waals surface area contributed by atoms with Crippen molar-refractivity contribution in [2.75, 3.05) is 13.7 Å². The summed E-state index contributed by atoms with van der Waals surface area (Å²) in [6.07, 6.45) is 1.91. The second-order valence-electron chi connectivity index (χ2n) is 5.01. The third kappa shape index (κ3) is 3.54. The van der Waals surface area contributed by atoms with Gasteiger partial charge in [0.15, 0.2) is 0 Å². The van der Waals surface area contributed by atoms with Gasteiger partial charge >= 0.3 is 0 Å². The normalized spacial score (nSPS) is 14.8. The number of hydrogen-bond acceptors (Lipinski definition) is 4. The molecule has 0 aromatic carbocycles. The molecule has 0 aliphatic carbocycles. The Morgan fingerprint density at radius 3 is 2.56 bits per heavy atom. The molecule has 5 nitrogen and oxygen atoms in total. The Balaban J connectivity index is 2.73. The smallest absolute Gasteiger partial charge is 0.0628 e. The van der Waals surface area contributed by atoms with Gasteiger partial charge in [0.1, 0.15) is 0 Å². The lowest BCUT2D eigenvalue weighted by Gasteiger charge is -2.23. The molecule has 0 aliphatic heterocycles. The number of hydrazine groups is 1.